The Hall–Kier alpha value is -1.22. The number of piperidine rings is 1. The molecule has 140 valence electrons. The van der Waals surface area contributed by atoms with Crippen molar-refractivity contribution in [1.29, 1.82) is 0 Å². The second-order valence-electron chi connectivity index (χ2n) is 8.24. The van der Waals surface area contributed by atoms with Gasteiger partial charge in [-0.1, -0.05) is 27.2 Å². The van der Waals surface area contributed by atoms with Crippen molar-refractivity contribution in [3.8, 4) is 11.5 Å². The number of rotatable bonds is 7. The Kier molecular flexibility index (Phi) is 6.27. The van der Waals surface area contributed by atoms with Crippen LogP contribution < -0.4 is 9.47 Å². The minimum atomic E-state index is 0.575. The van der Waals surface area contributed by atoms with Gasteiger partial charge in [-0.25, -0.2) is 0 Å². The summed E-state index contributed by atoms with van der Waals surface area (Å²) in [5.41, 5.74) is 2.95. The van der Waals surface area contributed by atoms with Crippen molar-refractivity contribution in [3.63, 3.8) is 0 Å². The van der Waals surface area contributed by atoms with Crippen molar-refractivity contribution in [1.82, 2.24) is 4.90 Å². The third-order valence-electron chi connectivity index (χ3n) is 5.79. The topological polar surface area (TPSA) is 21.7 Å². The molecule has 1 saturated heterocycles. The van der Waals surface area contributed by atoms with Crippen LogP contribution in [0.5, 0.6) is 11.5 Å². The van der Waals surface area contributed by atoms with E-state index in [9.17, 15) is 0 Å². The zero-order valence-electron chi connectivity index (χ0n) is 16.5. The molecule has 1 fully saturated rings. The van der Waals surface area contributed by atoms with Crippen molar-refractivity contribution in [2.24, 2.45) is 11.8 Å². The van der Waals surface area contributed by atoms with Gasteiger partial charge in [0.25, 0.3) is 0 Å². The van der Waals surface area contributed by atoms with Crippen LogP contribution in [-0.2, 0) is 6.42 Å². The van der Waals surface area contributed by atoms with Crippen LogP contribution in [0.4, 0.5) is 0 Å². The van der Waals surface area contributed by atoms with E-state index in [4.69, 9.17) is 9.47 Å². The van der Waals surface area contributed by atoms with E-state index < -0.39 is 0 Å². The first kappa shape index (κ1) is 18.6. The summed E-state index contributed by atoms with van der Waals surface area (Å²) in [6.45, 7) is 10.1. The highest BCUT2D eigenvalue weighted by molar-refractivity contribution is 5.49. The van der Waals surface area contributed by atoms with E-state index in [0.29, 0.717) is 6.04 Å². The Morgan fingerprint density at radius 2 is 2.04 bits per heavy atom. The number of methoxy groups -OCH3 is 1. The Morgan fingerprint density at radius 1 is 1.20 bits per heavy atom. The molecule has 2 aliphatic heterocycles. The standard InChI is InChI=1S/C22H35NO2/c1-5-6-11-25-22-13-18-9-10-23-15-17(12-16(2)3)7-8-20(23)19(18)14-21(22)24-4/h13-14,16-17,20H,5-12,15H2,1-4H3/t17-,20-/m1/s1. The van der Waals surface area contributed by atoms with Gasteiger partial charge in [0.2, 0.25) is 0 Å². The number of unbranched alkanes of at least 4 members (excludes halogenated alkanes) is 1. The molecule has 0 bridgehead atoms. The lowest BCUT2D eigenvalue weighted by molar-refractivity contribution is 0.0893. The minimum absolute atomic E-state index is 0.575. The van der Waals surface area contributed by atoms with Gasteiger partial charge in [-0.15, -0.1) is 0 Å². The van der Waals surface area contributed by atoms with Gasteiger partial charge in [0.05, 0.1) is 13.7 Å². The van der Waals surface area contributed by atoms with Crippen LogP contribution in [-0.4, -0.2) is 31.7 Å². The lowest BCUT2D eigenvalue weighted by Crippen LogP contribution is -2.42. The second-order valence-corrected chi connectivity index (χ2v) is 8.24. The molecule has 0 spiro atoms. The summed E-state index contributed by atoms with van der Waals surface area (Å²) in [6.07, 6.45) is 7.38. The predicted octanol–water partition coefficient (Wildman–Crippen LogP) is 5.23. The molecule has 3 nitrogen and oxygen atoms in total. The molecule has 25 heavy (non-hydrogen) atoms. The molecular formula is C22H35NO2. The lowest BCUT2D eigenvalue weighted by atomic mass is 9.81. The maximum Gasteiger partial charge on any atom is 0.161 e. The van der Waals surface area contributed by atoms with Crippen molar-refractivity contribution in [3.05, 3.63) is 23.3 Å². The summed E-state index contributed by atoms with van der Waals surface area (Å²) in [5, 5.41) is 0. The number of ether oxygens (including phenoxy) is 2. The van der Waals surface area contributed by atoms with Crippen LogP contribution in [0, 0.1) is 11.8 Å². The third kappa shape index (κ3) is 4.31. The largest absolute Gasteiger partial charge is 0.493 e. The zero-order chi connectivity index (χ0) is 17.8. The van der Waals surface area contributed by atoms with Gasteiger partial charge >= 0.3 is 0 Å². The molecule has 1 aromatic carbocycles. The molecule has 2 aliphatic rings. The molecule has 0 N–H and O–H groups in total. The highest BCUT2D eigenvalue weighted by atomic mass is 16.5. The van der Waals surface area contributed by atoms with Crippen molar-refractivity contribution in [2.45, 2.75) is 65.3 Å². The van der Waals surface area contributed by atoms with Crippen LogP contribution in [0.3, 0.4) is 0 Å². The summed E-state index contributed by atoms with van der Waals surface area (Å²) in [7, 11) is 1.76. The van der Waals surface area contributed by atoms with E-state index in [1.807, 2.05) is 0 Å². The van der Waals surface area contributed by atoms with Gasteiger partial charge in [0.1, 0.15) is 0 Å². The number of hydrogen-bond donors (Lipinski definition) is 0. The van der Waals surface area contributed by atoms with Crippen molar-refractivity contribution in [2.75, 3.05) is 26.8 Å². The zero-order valence-corrected chi connectivity index (χ0v) is 16.5. The smallest absolute Gasteiger partial charge is 0.161 e. The maximum atomic E-state index is 5.99. The summed E-state index contributed by atoms with van der Waals surface area (Å²) in [6, 6.07) is 5.09. The van der Waals surface area contributed by atoms with Crippen LogP contribution in [0.1, 0.15) is 70.0 Å². The maximum absolute atomic E-state index is 5.99. The molecule has 1 aromatic rings. The number of nitrogens with zero attached hydrogens (tertiary/aromatic N) is 1. The number of fused-ring (bicyclic) bond motifs is 3. The summed E-state index contributed by atoms with van der Waals surface area (Å²) in [4.78, 5) is 2.72. The van der Waals surface area contributed by atoms with E-state index in [0.717, 1.165) is 49.2 Å². The minimum Gasteiger partial charge on any atom is -0.493 e. The van der Waals surface area contributed by atoms with Gasteiger partial charge < -0.3 is 9.47 Å². The normalized spacial score (nSPS) is 23.2. The Morgan fingerprint density at radius 3 is 2.76 bits per heavy atom. The fourth-order valence-electron chi connectivity index (χ4n) is 4.59. The van der Waals surface area contributed by atoms with Crippen molar-refractivity contribution >= 4 is 0 Å². The van der Waals surface area contributed by atoms with Gasteiger partial charge in [0, 0.05) is 19.1 Å². The van der Waals surface area contributed by atoms with E-state index in [1.165, 1.54) is 43.5 Å². The predicted molar refractivity (Wildman–Crippen MR) is 104 cm³/mol. The molecule has 2 heterocycles. The van der Waals surface area contributed by atoms with E-state index in [2.05, 4.69) is 37.8 Å². The Labute approximate surface area is 153 Å². The molecule has 0 amide bonds. The Balaban J connectivity index is 1.76. The van der Waals surface area contributed by atoms with Crippen LogP contribution in [0.15, 0.2) is 12.1 Å². The average Bonchev–Trinajstić information content (AvgIpc) is 2.60. The molecule has 3 heteroatoms. The molecule has 2 atom stereocenters. The second kappa shape index (κ2) is 8.44. The first-order chi connectivity index (χ1) is 12.1. The Bertz CT molecular complexity index is 569. The summed E-state index contributed by atoms with van der Waals surface area (Å²) >= 11 is 0. The highest BCUT2D eigenvalue weighted by Gasteiger charge is 2.34. The monoisotopic (exact) mass is 345 g/mol. The van der Waals surface area contributed by atoms with E-state index in [-0.39, 0.29) is 0 Å². The fraction of sp³-hybridized carbons (Fsp3) is 0.727. The van der Waals surface area contributed by atoms with Gasteiger partial charge in [-0.2, -0.15) is 0 Å². The molecule has 0 aromatic heterocycles. The quantitative estimate of drug-likeness (QED) is 0.632. The molecule has 3 rings (SSSR count). The molecule has 0 radical (unpaired) electrons. The molecular weight excluding hydrogens is 310 g/mol. The third-order valence-corrected chi connectivity index (χ3v) is 5.79. The summed E-state index contributed by atoms with van der Waals surface area (Å²) in [5.74, 6) is 3.51. The fourth-order valence-corrected chi connectivity index (χ4v) is 4.59. The van der Waals surface area contributed by atoms with E-state index in [1.54, 1.807) is 7.11 Å². The van der Waals surface area contributed by atoms with Gasteiger partial charge in [0.15, 0.2) is 11.5 Å². The SMILES string of the molecule is CCCCOc1cc2c(cc1OC)[C@H]1CC[C@H](CC(C)C)CN1CC2. The van der Waals surface area contributed by atoms with Crippen molar-refractivity contribution < 1.29 is 9.47 Å². The van der Waals surface area contributed by atoms with Crippen LogP contribution in [0.2, 0.25) is 0 Å². The molecule has 0 aliphatic carbocycles. The number of hydrogen-bond acceptors (Lipinski definition) is 3. The lowest BCUT2D eigenvalue weighted by Gasteiger charge is -2.44. The summed E-state index contributed by atoms with van der Waals surface area (Å²) < 4.78 is 11.6. The van der Waals surface area contributed by atoms with Crippen LogP contribution in [0.25, 0.3) is 0 Å². The van der Waals surface area contributed by atoms with E-state index >= 15 is 0 Å². The molecule has 0 unspecified atom stereocenters. The van der Waals surface area contributed by atoms with Gasteiger partial charge in [-0.05, 0) is 67.2 Å². The first-order valence-electron chi connectivity index (χ1n) is 10.2. The van der Waals surface area contributed by atoms with Gasteiger partial charge in [-0.3, -0.25) is 4.90 Å². The van der Waals surface area contributed by atoms with Crippen LogP contribution >= 0.6 is 0 Å². The number of benzene rings is 1. The first-order valence-corrected chi connectivity index (χ1v) is 10.2. The molecule has 0 saturated carbocycles. The average molecular weight is 346 g/mol. The highest BCUT2D eigenvalue weighted by Crippen LogP contribution is 2.43.